The first-order valence-electron chi connectivity index (χ1n) is 7.09. The molecule has 0 fully saturated rings. The summed E-state index contributed by atoms with van der Waals surface area (Å²) in [7, 11) is 3.61. The Bertz CT molecular complexity index is 568. The molecule has 114 valence electrons. The molecule has 7 heteroatoms. The molecule has 0 unspecified atom stereocenters. The summed E-state index contributed by atoms with van der Waals surface area (Å²) in [6, 6.07) is 0. The molecule has 0 aromatic carbocycles. The van der Waals surface area contributed by atoms with Crippen LogP contribution in [0, 0.1) is 0 Å². The molecule has 0 saturated heterocycles. The maximum absolute atomic E-state index is 5.41. The highest BCUT2D eigenvalue weighted by Crippen LogP contribution is 2.28. The van der Waals surface area contributed by atoms with Gasteiger partial charge in [0, 0.05) is 39.0 Å². The van der Waals surface area contributed by atoms with Gasteiger partial charge in [-0.1, -0.05) is 6.92 Å². The summed E-state index contributed by atoms with van der Waals surface area (Å²) in [5.41, 5.74) is 0. The SMILES string of the molecule is CCCNc1ncnc(NCCc2nccn2C)c1OC. The van der Waals surface area contributed by atoms with Gasteiger partial charge in [0.05, 0.1) is 7.11 Å². The normalized spacial score (nSPS) is 10.4. The Kier molecular flexibility index (Phi) is 5.36. The fourth-order valence-corrected chi connectivity index (χ4v) is 1.99. The minimum atomic E-state index is 0.644. The van der Waals surface area contributed by atoms with Crippen molar-refractivity contribution >= 4 is 11.6 Å². The standard InChI is InChI=1S/C14H22N6O/c1-4-6-16-13-12(21-3)14(19-10-18-13)17-7-5-11-15-8-9-20(11)2/h8-10H,4-7H2,1-3H3,(H2,16,17,18,19). The van der Waals surface area contributed by atoms with Crippen molar-refractivity contribution in [1.82, 2.24) is 19.5 Å². The van der Waals surface area contributed by atoms with E-state index in [4.69, 9.17) is 4.74 Å². The largest absolute Gasteiger partial charge is 0.490 e. The molecular weight excluding hydrogens is 268 g/mol. The van der Waals surface area contributed by atoms with Crippen LogP contribution in [0.4, 0.5) is 11.6 Å². The zero-order valence-corrected chi connectivity index (χ0v) is 12.8. The molecule has 0 aliphatic carbocycles. The molecule has 2 aromatic rings. The summed E-state index contributed by atoms with van der Waals surface area (Å²) >= 11 is 0. The molecule has 0 aliphatic rings. The van der Waals surface area contributed by atoms with Crippen molar-refractivity contribution < 1.29 is 4.74 Å². The monoisotopic (exact) mass is 290 g/mol. The molecule has 21 heavy (non-hydrogen) atoms. The van der Waals surface area contributed by atoms with E-state index in [1.54, 1.807) is 13.3 Å². The van der Waals surface area contributed by atoms with Gasteiger partial charge in [0.2, 0.25) is 5.75 Å². The number of methoxy groups -OCH3 is 1. The molecule has 2 aromatic heterocycles. The van der Waals surface area contributed by atoms with E-state index in [1.807, 2.05) is 17.8 Å². The van der Waals surface area contributed by atoms with E-state index in [9.17, 15) is 0 Å². The lowest BCUT2D eigenvalue weighted by Crippen LogP contribution is -2.12. The Morgan fingerprint density at radius 2 is 1.86 bits per heavy atom. The van der Waals surface area contributed by atoms with Crippen LogP contribution < -0.4 is 15.4 Å². The van der Waals surface area contributed by atoms with Crippen LogP contribution in [0.2, 0.25) is 0 Å². The number of ether oxygens (including phenoxy) is 1. The predicted molar refractivity (Wildman–Crippen MR) is 82.8 cm³/mol. The molecule has 0 saturated carbocycles. The number of anilines is 2. The molecule has 2 rings (SSSR count). The Labute approximate surface area is 124 Å². The van der Waals surface area contributed by atoms with Gasteiger partial charge in [0.15, 0.2) is 11.6 Å². The summed E-state index contributed by atoms with van der Waals surface area (Å²) < 4.78 is 7.42. The first-order valence-corrected chi connectivity index (χ1v) is 7.09. The Morgan fingerprint density at radius 3 is 2.43 bits per heavy atom. The molecule has 0 radical (unpaired) electrons. The van der Waals surface area contributed by atoms with E-state index < -0.39 is 0 Å². The highest BCUT2D eigenvalue weighted by atomic mass is 16.5. The summed E-state index contributed by atoms with van der Waals surface area (Å²) in [5, 5.41) is 6.51. The number of imidazole rings is 1. The zero-order chi connectivity index (χ0) is 15.1. The van der Waals surface area contributed by atoms with Crippen molar-refractivity contribution in [3.8, 4) is 5.75 Å². The van der Waals surface area contributed by atoms with Crippen molar-refractivity contribution in [2.45, 2.75) is 19.8 Å². The van der Waals surface area contributed by atoms with Gasteiger partial charge in [0.1, 0.15) is 12.2 Å². The molecule has 0 atom stereocenters. The summed E-state index contributed by atoms with van der Waals surface area (Å²) in [4.78, 5) is 12.8. The number of aromatic nitrogens is 4. The number of nitrogens with zero attached hydrogens (tertiary/aromatic N) is 4. The summed E-state index contributed by atoms with van der Waals surface area (Å²) in [6.07, 6.45) is 7.10. The van der Waals surface area contributed by atoms with Gasteiger partial charge >= 0.3 is 0 Å². The number of hydrogen-bond donors (Lipinski definition) is 2. The maximum atomic E-state index is 5.41. The zero-order valence-electron chi connectivity index (χ0n) is 12.8. The number of nitrogens with one attached hydrogen (secondary N) is 2. The van der Waals surface area contributed by atoms with Crippen LogP contribution in [0.3, 0.4) is 0 Å². The van der Waals surface area contributed by atoms with E-state index in [0.717, 1.165) is 31.8 Å². The van der Waals surface area contributed by atoms with Crippen LogP contribution in [0.25, 0.3) is 0 Å². The molecule has 0 bridgehead atoms. The lowest BCUT2D eigenvalue weighted by atomic mass is 10.3. The average Bonchev–Trinajstić information content (AvgIpc) is 2.90. The van der Waals surface area contributed by atoms with Gasteiger partial charge in [-0.2, -0.15) is 0 Å². The molecule has 0 amide bonds. The van der Waals surface area contributed by atoms with Crippen LogP contribution in [0.5, 0.6) is 5.75 Å². The van der Waals surface area contributed by atoms with E-state index in [0.29, 0.717) is 17.4 Å². The quantitative estimate of drug-likeness (QED) is 0.770. The second-order valence-corrected chi connectivity index (χ2v) is 4.66. The van der Waals surface area contributed by atoms with Gasteiger partial charge < -0.3 is 19.9 Å². The molecule has 0 aliphatic heterocycles. The third-order valence-electron chi connectivity index (χ3n) is 3.11. The Morgan fingerprint density at radius 1 is 1.14 bits per heavy atom. The third kappa shape index (κ3) is 3.84. The van der Waals surface area contributed by atoms with Crippen molar-refractivity contribution in [3.05, 3.63) is 24.5 Å². The number of rotatable bonds is 8. The van der Waals surface area contributed by atoms with Crippen LogP contribution in [0.15, 0.2) is 18.7 Å². The highest BCUT2D eigenvalue weighted by molar-refractivity contribution is 5.63. The van der Waals surface area contributed by atoms with E-state index in [1.165, 1.54) is 6.33 Å². The highest BCUT2D eigenvalue weighted by Gasteiger charge is 2.11. The minimum Gasteiger partial charge on any atom is -0.490 e. The topological polar surface area (TPSA) is 76.9 Å². The lowest BCUT2D eigenvalue weighted by molar-refractivity contribution is 0.414. The first kappa shape index (κ1) is 15.1. The minimum absolute atomic E-state index is 0.644. The number of hydrogen-bond acceptors (Lipinski definition) is 6. The fourth-order valence-electron chi connectivity index (χ4n) is 1.99. The average molecular weight is 290 g/mol. The maximum Gasteiger partial charge on any atom is 0.204 e. The van der Waals surface area contributed by atoms with Crippen LogP contribution >= 0.6 is 0 Å². The van der Waals surface area contributed by atoms with Crippen molar-refractivity contribution in [2.24, 2.45) is 7.05 Å². The second kappa shape index (κ2) is 7.47. The van der Waals surface area contributed by atoms with Gasteiger partial charge in [0.25, 0.3) is 0 Å². The molecule has 2 N–H and O–H groups in total. The molecule has 2 heterocycles. The van der Waals surface area contributed by atoms with Gasteiger partial charge in [-0.05, 0) is 6.42 Å². The van der Waals surface area contributed by atoms with E-state index in [2.05, 4.69) is 32.5 Å². The fraction of sp³-hybridized carbons (Fsp3) is 0.500. The number of aryl methyl sites for hydroxylation is 1. The van der Waals surface area contributed by atoms with Gasteiger partial charge in [-0.3, -0.25) is 0 Å². The van der Waals surface area contributed by atoms with Crippen LogP contribution in [0.1, 0.15) is 19.2 Å². The van der Waals surface area contributed by atoms with Gasteiger partial charge in [-0.25, -0.2) is 15.0 Å². The van der Waals surface area contributed by atoms with Crippen LogP contribution in [-0.2, 0) is 13.5 Å². The molecular formula is C14H22N6O. The summed E-state index contributed by atoms with van der Waals surface area (Å²) in [6.45, 7) is 3.68. The Balaban J connectivity index is 2.00. The van der Waals surface area contributed by atoms with E-state index >= 15 is 0 Å². The first-order chi connectivity index (χ1) is 10.3. The van der Waals surface area contributed by atoms with Crippen molar-refractivity contribution in [1.29, 1.82) is 0 Å². The van der Waals surface area contributed by atoms with Crippen LogP contribution in [-0.4, -0.2) is 39.7 Å². The molecule has 0 spiro atoms. The van der Waals surface area contributed by atoms with E-state index in [-0.39, 0.29) is 0 Å². The van der Waals surface area contributed by atoms with Crippen molar-refractivity contribution in [2.75, 3.05) is 30.8 Å². The second-order valence-electron chi connectivity index (χ2n) is 4.66. The summed E-state index contributed by atoms with van der Waals surface area (Å²) in [5.74, 6) is 3.08. The van der Waals surface area contributed by atoms with Gasteiger partial charge in [-0.15, -0.1) is 0 Å². The predicted octanol–water partition coefficient (Wildman–Crippen LogP) is 1.70. The molecule has 7 nitrogen and oxygen atoms in total. The lowest BCUT2D eigenvalue weighted by Gasteiger charge is -2.13. The smallest absolute Gasteiger partial charge is 0.204 e. The van der Waals surface area contributed by atoms with Crippen molar-refractivity contribution in [3.63, 3.8) is 0 Å². The third-order valence-corrected chi connectivity index (χ3v) is 3.11. The Hall–Kier alpha value is -2.31.